The van der Waals surface area contributed by atoms with Gasteiger partial charge in [0, 0.05) is 11.4 Å². The number of phenols is 2. The molecule has 5 heteroatoms. The van der Waals surface area contributed by atoms with Gasteiger partial charge >= 0.3 is 0 Å². The number of hydrogen-bond donors (Lipinski definition) is 2. The minimum Gasteiger partial charge on any atom is -0.507 e. The zero-order valence-electron chi connectivity index (χ0n) is 10.5. The molecule has 2 rings (SSSR count). The van der Waals surface area contributed by atoms with E-state index in [-0.39, 0.29) is 22.6 Å². The molecule has 0 fully saturated rings. The lowest BCUT2D eigenvalue weighted by atomic mass is 10.0. The molecule has 0 radical (unpaired) electrons. The van der Waals surface area contributed by atoms with E-state index in [0.717, 1.165) is 0 Å². The van der Waals surface area contributed by atoms with Crippen molar-refractivity contribution in [2.45, 2.75) is 0 Å². The summed E-state index contributed by atoms with van der Waals surface area (Å²) in [5, 5.41) is 20.3. The van der Waals surface area contributed by atoms with E-state index in [1.54, 1.807) is 18.2 Å². The van der Waals surface area contributed by atoms with Crippen LogP contribution in [-0.2, 0) is 0 Å². The van der Waals surface area contributed by atoms with E-state index in [2.05, 4.69) is 15.9 Å². The minimum absolute atomic E-state index is 0.114. The predicted molar refractivity (Wildman–Crippen MR) is 78.9 cm³/mol. The number of alkyl halides is 1. The first-order valence-electron chi connectivity index (χ1n) is 5.98. The number of hydrogen-bond acceptors (Lipinski definition) is 4. The lowest BCUT2D eigenvalue weighted by molar-refractivity contribution is 0.103. The highest BCUT2D eigenvalue weighted by Crippen LogP contribution is 2.28. The van der Waals surface area contributed by atoms with Crippen LogP contribution in [0.5, 0.6) is 17.2 Å². The Balaban J connectivity index is 2.29. The van der Waals surface area contributed by atoms with Crippen LogP contribution in [0.25, 0.3) is 0 Å². The summed E-state index contributed by atoms with van der Waals surface area (Å²) in [5.41, 5.74) is 0.273. The number of benzene rings is 2. The third kappa shape index (κ3) is 3.11. The van der Waals surface area contributed by atoms with Gasteiger partial charge < -0.3 is 14.9 Å². The number of rotatable bonds is 5. The van der Waals surface area contributed by atoms with E-state index in [1.165, 1.54) is 24.3 Å². The number of para-hydroxylation sites is 1. The first-order valence-corrected chi connectivity index (χ1v) is 7.10. The van der Waals surface area contributed by atoms with Gasteiger partial charge in [-0.15, -0.1) is 0 Å². The van der Waals surface area contributed by atoms with Crippen molar-refractivity contribution in [3.8, 4) is 17.2 Å². The van der Waals surface area contributed by atoms with Gasteiger partial charge in [-0.3, -0.25) is 4.79 Å². The maximum Gasteiger partial charge on any atom is 0.200 e. The molecule has 0 heterocycles. The minimum atomic E-state index is -0.437. The molecule has 0 saturated heterocycles. The van der Waals surface area contributed by atoms with Gasteiger partial charge in [-0.2, -0.15) is 0 Å². The molecule has 0 aliphatic heterocycles. The monoisotopic (exact) mass is 336 g/mol. The molecule has 20 heavy (non-hydrogen) atoms. The standard InChI is InChI=1S/C15H13BrO4/c16-7-8-20-10-5-6-12(14(18)9-10)15(19)11-3-1-2-4-13(11)17/h1-6,9,17-18H,7-8H2. The van der Waals surface area contributed by atoms with Crippen LogP contribution in [0.2, 0.25) is 0 Å². The molecule has 0 unspecified atom stereocenters. The Morgan fingerprint density at radius 3 is 2.40 bits per heavy atom. The lowest BCUT2D eigenvalue weighted by Crippen LogP contribution is -2.03. The van der Waals surface area contributed by atoms with Crippen molar-refractivity contribution in [1.29, 1.82) is 0 Å². The molecule has 0 saturated carbocycles. The highest BCUT2D eigenvalue weighted by molar-refractivity contribution is 9.09. The molecular formula is C15H13BrO4. The average Bonchev–Trinajstić information content (AvgIpc) is 2.45. The van der Waals surface area contributed by atoms with Gasteiger partial charge in [0.25, 0.3) is 0 Å². The topological polar surface area (TPSA) is 66.8 Å². The van der Waals surface area contributed by atoms with Crippen LogP contribution < -0.4 is 4.74 Å². The van der Waals surface area contributed by atoms with Crippen LogP contribution in [0, 0.1) is 0 Å². The van der Waals surface area contributed by atoms with E-state index in [1.807, 2.05) is 0 Å². The fourth-order valence-electron chi connectivity index (χ4n) is 1.76. The zero-order valence-corrected chi connectivity index (χ0v) is 12.1. The second kappa shape index (κ2) is 6.43. The van der Waals surface area contributed by atoms with Crippen LogP contribution in [0.15, 0.2) is 42.5 Å². The number of ketones is 1. The van der Waals surface area contributed by atoms with Gasteiger partial charge in [-0.25, -0.2) is 0 Å². The van der Waals surface area contributed by atoms with Gasteiger partial charge in [-0.05, 0) is 24.3 Å². The summed E-state index contributed by atoms with van der Waals surface area (Å²) in [6, 6.07) is 10.7. The molecule has 0 amide bonds. The number of carbonyl (C=O) groups is 1. The molecule has 2 aromatic carbocycles. The summed E-state index contributed by atoms with van der Waals surface area (Å²) in [4.78, 5) is 12.2. The average molecular weight is 337 g/mol. The quantitative estimate of drug-likeness (QED) is 0.650. The summed E-state index contributed by atoms with van der Waals surface area (Å²) in [5.74, 6) is -0.245. The molecule has 0 aliphatic rings. The Hall–Kier alpha value is -2.01. The number of halogens is 1. The second-order valence-corrected chi connectivity index (χ2v) is 4.86. The second-order valence-electron chi connectivity index (χ2n) is 4.06. The van der Waals surface area contributed by atoms with Gasteiger partial charge in [0.05, 0.1) is 17.7 Å². The number of carbonyl (C=O) groups excluding carboxylic acids is 1. The molecule has 0 aliphatic carbocycles. The van der Waals surface area contributed by atoms with E-state index in [0.29, 0.717) is 17.7 Å². The van der Waals surface area contributed by atoms with Crippen LogP contribution in [0.1, 0.15) is 15.9 Å². The molecule has 2 aromatic rings. The van der Waals surface area contributed by atoms with Crippen LogP contribution in [0.3, 0.4) is 0 Å². The van der Waals surface area contributed by atoms with Crippen LogP contribution >= 0.6 is 15.9 Å². The summed E-state index contributed by atoms with van der Waals surface area (Å²) in [6.07, 6.45) is 0. The summed E-state index contributed by atoms with van der Waals surface area (Å²) in [6.45, 7) is 0.464. The molecule has 104 valence electrons. The van der Waals surface area contributed by atoms with E-state index in [9.17, 15) is 15.0 Å². The lowest BCUT2D eigenvalue weighted by Gasteiger charge is -2.08. The van der Waals surface area contributed by atoms with Crippen molar-refractivity contribution in [3.63, 3.8) is 0 Å². The van der Waals surface area contributed by atoms with E-state index in [4.69, 9.17) is 4.74 Å². The normalized spacial score (nSPS) is 10.2. The maximum atomic E-state index is 12.2. The Labute approximate surface area is 124 Å². The van der Waals surface area contributed by atoms with Crippen molar-refractivity contribution >= 4 is 21.7 Å². The molecule has 0 aromatic heterocycles. The Morgan fingerprint density at radius 1 is 1.05 bits per heavy atom. The third-order valence-electron chi connectivity index (χ3n) is 2.71. The van der Waals surface area contributed by atoms with Gasteiger partial charge in [0.1, 0.15) is 17.2 Å². The van der Waals surface area contributed by atoms with Crippen LogP contribution in [-0.4, -0.2) is 27.9 Å². The van der Waals surface area contributed by atoms with Crippen molar-refractivity contribution in [3.05, 3.63) is 53.6 Å². The fourth-order valence-corrected chi connectivity index (χ4v) is 1.92. The van der Waals surface area contributed by atoms with E-state index < -0.39 is 5.78 Å². The molecule has 0 atom stereocenters. The molecule has 4 nitrogen and oxygen atoms in total. The predicted octanol–water partition coefficient (Wildman–Crippen LogP) is 3.10. The molecule has 0 spiro atoms. The first-order chi connectivity index (χ1) is 9.63. The van der Waals surface area contributed by atoms with Crippen molar-refractivity contribution in [2.75, 3.05) is 11.9 Å². The first kappa shape index (κ1) is 14.4. The van der Waals surface area contributed by atoms with Crippen molar-refractivity contribution in [1.82, 2.24) is 0 Å². The number of aromatic hydroxyl groups is 2. The maximum absolute atomic E-state index is 12.2. The highest BCUT2D eigenvalue weighted by atomic mass is 79.9. The van der Waals surface area contributed by atoms with Crippen LogP contribution in [0.4, 0.5) is 0 Å². The van der Waals surface area contributed by atoms with E-state index >= 15 is 0 Å². The number of ether oxygens (including phenoxy) is 1. The highest BCUT2D eigenvalue weighted by Gasteiger charge is 2.17. The van der Waals surface area contributed by atoms with Crippen molar-refractivity contribution in [2.24, 2.45) is 0 Å². The van der Waals surface area contributed by atoms with Gasteiger partial charge in [0.15, 0.2) is 5.78 Å². The van der Waals surface area contributed by atoms with Crippen molar-refractivity contribution < 1.29 is 19.7 Å². The Kier molecular flexibility index (Phi) is 4.63. The summed E-state index contributed by atoms with van der Waals surface area (Å²) < 4.78 is 5.33. The fraction of sp³-hybridized carbons (Fsp3) is 0.133. The third-order valence-corrected chi connectivity index (χ3v) is 3.03. The van der Waals surface area contributed by atoms with Gasteiger partial charge in [-0.1, -0.05) is 28.1 Å². The number of phenolic OH excluding ortho intramolecular Hbond substituents is 2. The van der Waals surface area contributed by atoms with Gasteiger partial charge in [0.2, 0.25) is 0 Å². The Morgan fingerprint density at radius 2 is 1.75 bits per heavy atom. The smallest absolute Gasteiger partial charge is 0.200 e. The molecule has 2 N–H and O–H groups in total. The SMILES string of the molecule is O=C(c1ccccc1O)c1ccc(OCCBr)cc1O. The molecular weight excluding hydrogens is 324 g/mol. The largest absolute Gasteiger partial charge is 0.507 e. The summed E-state index contributed by atoms with van der Waals surface area (Å²) >= 11 is 3.23. The zero-order chi connectivity index (χ0) is 14.5. The summed E-state index contributed by atoms with van der Waals surface area (Å²) in [7, 11) is 0. The molecule has 0 bridgehead atoms. The Bertz CT molecular complexity index is 625.